The van der Waals surface area contributed by atoms with E-state index in [4.69, 9.17) is 0 Å². The van der Waals surface area contributed by atoms with E-state index in [0.29, 0.717) is 0 Å². The zero-order valence-corrected chi connectivity index (χ0v) is 67.3. The number of nitrogens with zero attached hydrogens (tertiary/aromatic N) is 2. The number of hydrogen-bond donors (Lipinski definition) is 0. The van der Waals surface area contributed by atoms with Crippen LogP contribution in [0.2, 0.25) is 26.2 Å². The Labute approximate surface area is 680 Å². The number of benzene rings is 18. The molecule has 0 bridgehead atoms. The van der Waals surface area contributed by atoms with Crippen molar-refractivity contribution in [3.05, 3.63) is 425 Å². The van der Waals surface area contributed by atoms with Crippen molar-refractivity contribution in [2.75, 3.05) is 0 Å². The summed E-state index contributed by atoms with van der Waals surface area (Å²) in [6.07, 6.45) is 4.71. The SMILES string of the molecule is C[Si]1(C)c2cc(-c3ccccc3)ccc2-c2ccc(-n3cc(-c4ccc(-c5ccc(-c6cccc7ccccc67)cc5)cc4)c4cc(-c5ccc(-c6ccc(-c7cccc8ccccc78)cc6)cc5)ccc43)cc21.C[Si]1(C)c2cc(-c3ccccc3)ccc2-c2ccc(-n3cc(-c4ccccc4)c4cc(-c5ccccc5)ccc43)cc21. The Morgan fingerprint density at radius 3 is 0.784 bits per heavy atom. The minimum atomic E-state index is -2.03. The van der Waals surface area contributed by atoms with Crippen LogP contribution in [-0.4, -0.2) is 25.3 Å². The lowest BCUT2D eigenvalue weighted by atomic mass is 9.94. The van der Waals surface area contributed by atoms with Crippen LogP contribution in [0, 0.1) is 0 Å². The van der Waals surface area contributed by atoms with Crippen molar-refractivity contribution in [1.82, 2.24) is 9.13 Å². The highest BCUT2D eigenvalue weighted by atomic mass is 28.3. The van der Waals surface area contributed by atoms with Crippen LogP contribution in [0.15, 0.2) is 425 Å². The van der Waals surface area contributed by atoms with Gasteiger partial charge >= 0.3 is 0 Å². The molecule has 2 nitrogen and oxygen atoms in total. The smallest absolute Gasteiger partial charge is 0.113 e. The molecule has 2 aliphatic rings. The highest BCUT2D eigenvalue weighted by Crippen LogP contribution is 2.43. The zero-order valence-electron chi connectivity index (χ0n) is 65.3. The molecular formula is C112H82N2Si2. The maximum atomic E-state index is 2.52. The van der Waals surface area contributed by atoms with Gasteiger partial charge in [-0.25, -0.2) is 0 Å². The van der Waals surface area contributed by atoms with Crippen molar-refractivity contribution < 1.29 is 0 Å². The lowest BCUT2D eigenvalue weighted by Crippen LogP contribution is -2.49. The van der Waals surface area contributed by atoms with Gasteiger partial charge in [-0.2, -0.15) is 0 Å². The Bertz CT molecular complexity index is 7170. The predicted octanol–water partition coefficient (Wildman–Crippen LogP) is 27.8. The van der Waals surface area contributed by atoms with E-state index in [2.05, 4.69) is 460 Å². The van der Waals surface area contributed by atoms with E-state index in [1.807, 2.05) is 0 Å². The van der Waals surface area contributed by atoms with Gasteiger partial charge < -0.3 is 9.13 Å². The van der Waals surface area contributed by atoms with Gasteiger partial charge in [-0.05, 0) is 213 Å². The quantitative estimate of drug-likeness (QED) is 0.108. The second-order valence-electron chi connectivity index (χ2n) is 32.3. The fraction of sp³-hybridized carbons (Fsp3) is 0.0357. The van der Waals surface area contributed by atoms with Gasteiger partial charge in [0, 0.05) is 45.7 Å². The summed E-state index contributed by atoms with van der Waals surface area (Å²) in [5.74, 6) is 0. The van der Waals surface area contributed by atoms with E-state index in [9.17, 15) is 0 Å². The van der Waals surface area contributed by atoms with Gasteiger partial charge in [0.1, 0.15) is 16.1 Å². The number of aromatic nitrogens is 2. The molecule has 20 aromatic rings. The molecule has 22 rings (SSSR count). The van der Waals surface area contributed by atoms with Gasteiger partial charge in [0.2, 0.25) is 0 Å². The molecule has 2 aliphatic heterocycles. The van der Waals surface area contributed by atoms with Gasteiger partial charge in [-0.1, -0.05) is 390 Å². The highest BCUT2D eigenvalue weighted by Gasteiger charge is 2.40. The van der Waals surface area contributed by atoms with Crippen LogP contribution in [0.5, 0.6) is 0 Å². The van der Waals surface area contributed by atoms with Crippen LogP contribution in [-0.2, 0) is 0 Å². The average molecular weight is 1510 g/mol. The highest BCUT2D eigenvalue weighted by molar-refractivity contribution is 7.04. The molecule has 18 aromatic carbocycles. The maximum absolute atomic E-state index is 2.52. The summed E-state index contributed by atoms with van der Waals surface area (Å²) >= 11 is 0. The number of hydrogen-bond acceptors (Lipinski definition) is 0. The summed E-state index contributed by atoms with van der Waals surface area (Å²) in [7, 11) is -3.93. The summed E-state index contributed by atoms with van der Waals surface area (Å²) in [5, 5.41) is 13.6. The minimum Gasteiger partial charge on any atom is -0.316 e. The molecule has 0 saturated heterocycles. The molecule has 0 saturated carbocycles. The third kappa shape index (κ3) is 12.3. The van der Waals surface area contributed by atoms with Gasteiger partial charge in [0.25, 0.3) is 0 Å². The van der Waals surface area contributed by atoms with Gasteiger partial charge in [0.15, 0.2) is 0 Å². The van der Waals surface area contributed by atoms with Crippen molar-refractivity contribution in [2.24, 2.45) is 0 Å². The normalized spacial score (nSPS) is 12.8. The number of fused-ring (bicyclic) bond motifs is 10. The van der Waals surface area contributed by atoms with E-state index in [1.54, 1.807) is 0 Å². The van der Waals surface area contributed by atoms with Crippen molar-refractivity contribution in [2.45, 2.75) is 26.2 Å². The summed E-state index contributed by atoms with van der Waals surface area (Å²) in [6.45, 7) is 10.1. The Kier molecular flexibility index (Phi) is 17.2. The van der Waals surface area contributed by atoms with E-state index >= 15 is 0 Å². The molecule has 0 fully saturated rings. The molecule has 0 unspecified atom stereocenters. The molecule has 116 heavy (non-hydrogen) atoms. The van der Waals surface area contributed by atoms with Gasteiger partial charge in [-0.3, -0.25) is 0 Å². The Morgan fingerprint density at radius 2 is 0.414 bits per heavy atom. The van der Waals surface area contributed by atoms with Crippen LogP contribution in [0.3, 0.4) is 0 Å². The summed E-state index contributed by atoms with van der Waals surface area (Å²) in [6, 6.07) is 152. The van der Waals surface area contributed by atoms with Crippen LogP contribution in [0.4, 0.5) is 0 Å². The Balaban J connectivity index is 0.000000169. The molecule has 0 spiro atoms. The molecule has 4 heterocycles. The van der Waals surface area contributed by atoms with Crippen LogP contribution >= 0.6 is 0 Å². The summed E-state index contributed by atoms with van der Waals surface area (Å²) in [5.41, 5.74) is 35.2. The molecule has 0 amide bonds. The summed E-state index contributed by atoms with van der Waals surface area (Å²) < 4.78 is 4.83. The van der Waals surface area contributed by atoms with Crippen molar-refractivity contribution in [1.29, 1.82) is 0 Å². The first-order valence-corrected chi connectivity index (χ1v) is 46.5. The maximum Gasteiger partial charge on any atom is 0.113 e. The molecular weight excluding hydrogens is 1430 g/mol. The van der Waals surface area contributed by atoms with Gasteiger partial charge in [-0.15, -0.1) is 0 Å². The molecule has 0 atom stereocenters. The monoisotopic (exact) mass is 1510 g/mol. The fourth-order valence-electron chi connectivity index (χ4n) is 18.7. The molecule has 548 valence electrons. The van der Waals surface area contributed by atoms with E-state index in [-0.39, 0.29) is 0 Å². The third-order valence-corrected chi connectivity index (χ3v) is 32.0. The topological polar surface area (TPSA) is 9.86 Å². The van der Waals surface area contributed by atoms with Crippen LogP contribution in [0.25, 0.3) is 188 Å². The minimum absolute atomic E-state index is 1.20. The average Bonchev–Trinajstić information content (AvgIpc) is 1.57. The van der Waals surface area contributed by atoms with E-state index in [1.165, 1.54) is 209 Å². The van der Waals surface area contributed by atoms with E-state index < -0.39 is 16.1 Å². The first-order valence-electron chi connectivity index (χ1n) is 40.5. The van der Waals surface area contributed by atoms with Crippen molar-refractivity contribution in [3.8, 4) is 145 Å². The first kappa shape index (κ1) is 69.9. The van der Waals surface area contributed by atoms with Crippen molar-refractivity contribution in [3.63, 3.8) is 0 Å². The summed E-state index contributed by atoms with van der Waals surface area (Å²) in [4.78, 5) is 0. The van der Waals surface area contributed by atoms with E-state index in [0.717, 1.165) is 0 Å². The fourth-order valence-corrected chi connectivity index (χ4v) is 24.9. The Morgan fingerprint density at radius 1 is 0.164 bits per heavy atom. The lowest BCUT2D eigenvalue weighted by Gasteiger charge is -2.20. The van der Waals surface area contributed by atoms with Gasteiger partial charge in [0.05, 0.1) is 11.0 Å². The largest absolute Gasteiger partial charge is 0.316 e. The first-order chi connectivity index (χ1) is 57.0. The second kappa shape index (κ2) is 28.6. The zero-order chi connectivity index (χ0) is 77.6. The third-order valence-electron chi connectivity index (χ3n) is 24.9. The Hall–Kier alpha value is -14.0. The molecule has 0 radical (unpaired) electrons. The standard InChI is InChI=1S/C72H51NSi.C40H31NSi/c1-74(2)71-45-60(48-12-4-3-5-13-48)38-41-66(71)67-42-40-61(46-72(67)74)73-47-69(58-36-30-52(31-37-58)51-28-34-57(35-29-51)65-21-11-17-55-15-7-9-19-63(55)65)68-44-59(39-43-70(68)73)53-24-22-49(23-25-53)50-26-32-56(33-27-50)64-20-10-16-54-14-6-8-18-62(54)64;1-42(2)39-25-32(29-14-8-4-9-15-29)18-21-34(39)35-22-20-33(26-40(35)42)41-27-37(30-16-10-5-11-17-30)36-24-31(19-23-38(36)41)28-12-6-3-7-13-28/h3-47H,1-2H3;3-27H,1-2H3. The molecule has 4 heteroatoms. The predicted molar refractivity (Wildman–Crippen MR) is 500 cm³/mol. The second-order valence-corrected chi connectivity index (χ2v) is 41.0. The molecule has 2 aromatic heterocycles. The lowest BCUT2D eigenvalue weighted by molar-refractivity contribution is 1.13. The molecule has 0 N–H and O–H groups in total. The molecule has 0 aliphatic carbocycles. The number of rotatable bonds is 12. The van der Waals surface area contributed by atoms with Crippen LogP contribution in [0.1, 0.15) is 0 Å². The van der Waals surface area contributed by atoms with Crippen LogP contribution < -0.4 is 20.7 Å². The van der Waals surface area contributed by atoms with Crippen molar-refractivity contribution >= 4 is 80.2 Å².